The van der Waals surface area contributed by atoms with E-state index in [9.17, 15) is 14.4 Å². The molecule has 3 rings (SSSR count). The number of nitriles is 1. The maximum absolute atomic E-state index is 12.4. The topological polar surface area (TPSA) is 117 Å². The van der Waals surface area contributed by atoms with Crippen LogP contribution in [0.5, 0.6) is 0 Å². The van der Waals surface area contributed by atoms with E-state index in [2.05, 4.69) is 21.7 Å². The minimum Gasteiger partial charge on any atom is -0.336 e. The minimum atomic E-state index is -0.787. The monoisotopic (exact) mass is 385 g/mol. The molecular formula is C18H16ClN5O3. The van der Waals surface area contributed by atoms with E-state index < -0.39 is 17.0 Å². The third-order valence-electron chi connectivity index (χ3n) is 4.10. The molecule has 0 atom stereocenters. The fourth-order valence-electron chi connectivity index (χ4n) is 2.58. The molecular weight excluding hydrogens is 370 g/mol. The molecule has 0 bridgehead atoms. The van der Waals surface area contributed by atoms with Crippen LogP contribution >= 0.6 is 11.6 Å². The van der Waals surface area contributed by atoms with Crippen molar-refractivity contribution in [3.8, 4) is 17.3 Å². The quantitative estimate of drug-likeness (QED) is 0.812. The predicted octanol–water partition coefficient (Wildman–Crippen LogP) is 1.69. The number of hydrogen-bond donors (Lipinski definition) is 2. The predicted molar refractivity (Wildman–Crippen MR) is 99.0 cm³/mol. The summed E-state index contributed by atoms with van der Waals surface area (Å²) in [5.74, 6) is -0.703. The number of rotatable bonds is 5. The summed E-state index contributed by atoms with van der Waals surface area (Å²) < 4.78 is 1.15. The smallest absolute Gasteiger partial charge is 0.254 e. The lowest BCUT2D eigenvalue weighted by Crippen LogP contribution is -2.39. The van der Waals surface area contributed by atoms with Crippen molar-refractivity contribution in [2.75, 3.05) is 5.32 Å². The van der Waals surface area contributed by atoms with Gasteiger partial charge in [0.25, 0.3) is 5.56 Å². The zero-order chi connectivity index (χ0) is 19.6. The van der Waals surface area contributed by atoms with Gasteiger partial charge in [-0.3, -0.25) is 19.0 Å². The van der Waals surface area contributed by atoms with Crippen LogP contribution in [0.3, 0.4) is 0 Å². The Kier molecular flexibility index (Phi) is 4.97. The summed E-state index contributed by atoms with van der Waals surface area (Å²) in [5, 5.41) is 14.7. The molecule has 0 spiro atoms. The van der Waals surface area contributed by atoms with Gasteiger partial charge in [-0.2, -0.15) is 5.26 Å². The molecule has 2 amide bonds. The SMILES string of the molecule is CC(=O)Nc1cc(Cl)ccc1-c1cc(=O)n(CC(=O)NC2(C#N)CC2)cn1. The Labute approximate surface area is 159 Å². The molecule has 2 aromatic rings. The van der Waals surface area contributed by atoms with E-state index in [4.69, 9.17) is 16.9 Å². The van der Waals surface area contributed by atoms with Crippen molar-refractivity contribution in [2.24, 2.45) is 0 Å². The third kappa shape index (κ3) is 4.33. The first-order chi connectivity index (χ1) is 12.8. The van der Waals surface area contributed by atoms with Crippen LogP contribution in [0.4, 0.5) is 5.69 Å². The highest BCUT2D eigenvalue weighted by molar-refractivity contribution is 6.31. The lowest BCUT2D eigenvalue weighted by atomic mass is 10.1. The summed E-state index contributed by atoms with van der Waals surface area (Å²) in [7, 11) is 0. The van der Waals surface area contributed by atoms with Crippen molar-refractivity contribution < 1.29 is 9.59 Å². The number of halogens is 1. The van der Waals surface area contributed by atoms with Crippen molar-refractivity contribution in [3.05, 3.63) is 46.0 Å². The highest BCUT2D eigenvalue weighted by atomic mass is 35.5. The van der Waals surface area contributed by atoms with Crippen LogP contribution in [0.25, 0.3) is 11.3 Å². The lowest BCUT2D eigenvalue weighted by molar-refractivity contribution is -0.122. The van der Waals surface area contributed by atoms with E-state index in [1.165, 1.54) is 19.3 Å². The number of anilines is 1. The van der Waals surface area contributed by atoms with Gasteiger partial charge in [0.1, 0.15) is 12.1 Å². The molecule has 1 saturated carbocycles. The number of carbonyl (C=O) groups is 2. The van der Waals surface area contributed by atoms with Crippen LogP contribution < -0.4 is 16.2 Å². The molecule has 138 valence electrons. The second-order valence-electron chi connectivity index (χ2n) is 6.35. The highest BCUT2D eigenvalue weighted by Crippen LogP contribution is 2.34. The van der Waals surface area contributed by atoms with Crippen LogP contribution in [-0.4, -0.2) is 26.9 Å². The van der Waals surface area contributed by atoms with E-state index in [1.807, 2.05) is 0 Å². The van der Waals surface area contributed by atoms with Gasteiger partial charge in [0.2, 0.25) is 11.8 Å². The molecule has 1 aliphatic rings. The molecule has 27 heavy (non-hydrogen) atoms. The van der Waals surface area contributed by atoms with Gasteiger partial charge in [0.05, 0.1) is 23.8 Å². The summed E-state index contributed by atoms with van der Waals surface area (Å²) in [6, 6.07) is 8.18. The van der Waals surface area contributed by atoms with Crippen molar-refractivity contribution in [2.45, 2.75) is 31.8 Å². The van der Waals surface area contributed by atoms with Gasteiger partial charge in [-0.05, 0) is 31.0 Å². The molecule has 1 heterocycles. The number of nitrogens with one attached hydrogen (secondary N) is 2. The molecule has 0 radical (unpaired) electrons. The molecule has 0 unspecified atom stereocenters. The first-order valence-electron chi connectivity index (χ1n) is 8.18. The molecule has 1 aliphatic carbocycles. The van der Waals surface area contributed by atoms with E-state index in [0.29, 0.717) is 34.8 Å². The average molecular weight is 386 g/mol. The largest absolute Gasteiger partial charge is 0.336 e. The Hall–Kier alpha value is -3.18. The number of hydrogen-bond acceptors (Lipinski definition) is 5. The van der Waals surface area contributed by atoms with Crippen molar-refractivity contribution in [1.82, 2.24) is 14.9 Å². The summed E-state index contributed by atoms with van der Waals surface area (Å²) >= 11 is 5.97. The number of benzene rings is 1. The Balaban J connectivity index is 1.83. The summed E-state index contributed by atoms with van der Waals surface area (Å²) in [4.78, 5) is 40.0. The average Bonchev–Trinajstić information content (AvgIpc) is 3.36. The van der Waals surface area contributed by atoms with Gasteiger partial charge in [0.15, 0.2) is 0 Å². The number of aromatic nitrogens is 2. The Morgan fingerprint density at radius 1 is 1.37 bits per heavy atom. The van der Waals surface area contributed by atoms with E-state index >= 15 is 0 Å². The number of amides is 2. The maximum atomic E-state index is 12.4. The van der Waals surface area contributed by atoms with Gasteiger partial charge in [0, 0.05) is 23.6 Å². The molecule has 2 N–H and O–H groups in total. The first-order valence-corrected chi connectivity index (χ1v) is 8.56. The second-order valence-corrected chi connectivity index (χ2v) is 6.79. The zero-order valence-electron chi connectivity index (χ0n) is 14.5. The number of nitrogens with zero attached hydrogens (tertiary/aromatic N) is 3. The molecule has 1 aromatic heterocycles. The van der Waals surface area contributed by atoms with Gasteiger partial charge in [-0.15, -0.1) is 0 Å². The molecule has 0 aliphatic heterocycles. The van der Waals surface area contributed by atoms with Gasteiger partial charge in [-0.1, -0.05) is 11.6 Å². The van der Waals surface area contributed by atoms with E-state index in [1.54, 1.807) is 18.2 Å². The third-order valence-corrected chi connectivity index (χ3v) is 4.34. The summed E-state index contributed by atoms with van der Waals surface area (Å²) in [6.07, 6.45) is 2.49. The van der Waals surface area contributed by atoms with Crippen LogP contribution in [0.15, 0.2) is 35.4 Å². The lowest BCUT2D eigenvalue weighted by Gasteiger charge is -2.12. The minimum absolute atomic E-state index is 0.227. The van der Waals surface area contributed by atoms with Crippen molar-refractivity contribution >= 4 is 29.1 Å². The van der Waals surface area contributed by atoms with Gasteiger partial charge < -0.3 is 10.6 Å². The maximum Gasteiger partial charge on any atom is 0.254 e. The van der Waals surface area contributed by atoms with E-state index in [-0.39, 0.29) is 12.5 Å². The zero-order valence-corrected chi connectivity index (χ0v) is 15.2. The Morgan fingerprint density at radius 2 is 2.11 bits per heavy atom. The molecule has 1 aromatic carbocycles. The second kappa shape index (κ2) is 7.21. The Bertz CT molecular complexity index is 1020. The standard InChI is InChI=1S/C18H16ClN5O3/c1-11(25)22-15-6-12(19)2-3-13(15)14-7-17(27)24(10-21-14)8-16(26)23-18(9-20)4-5-18/h2-3,6-7,10H,4-5,8H2,1H3,(H,22,25)(H,23,26). The van der Waals surface area contributed by atoms with Crippen molar-refractivity contribution in [3.63, 3.8) is 0 Å². The Morgan fingerprint density at radius 3 is 2.70 bits per heavy atom. The van der Waals surface area contributed by atoms with Crippen LogP contribution in [0, 0.1) is 11.3 Å². The summed E-state index contributed by atoms with van der Waals surface area (Å²) in [5.41, 5.74) is 0.0882. The number of carbonyl (C=O) groups excluding carboxylic acids is 2. The van der Waals surface area contributed by atoms with Crippen LogP contribution in [-0.2, 0) is 16.1 Å². The van der Waals surface area contributed by atoms with Crippen LogP contribution in [0.1, 0.15) is 19.8 Å². The van der Waals surface area contributed by atoms with E-state index in [0.717, 1.165) is 4.57 Å². The molecule has 0 saturated heterocycles. The van der Waals surface area contributed by atoms with Gasteiger partial charge in [-0.25, -0.2) is 4.98 Å². The van der Waals surface area contributed by atoms with Crippen molar-refractivity contribution in [1.29, 1.82) is 5.26 Å². The normalized spacial score (nSPS) is 14.1. The fraction of sp³-hybridized carbons (Fsp3) is 0.278. The first kappa shape index (κ1) is 18.6. The molecule has 1 fully saturated rings. The van der Waals surface area contributed by atoms with Gasteiger partial charge >= 0.3 is 0 Å². The molecule has 9 heteroatoms. The fourth-order valence-corrected chi connectivity index (χ4v) is 2.75. The van der Waals surface area contributed by atoms with Crippen LogP contribution in [0.2, 0.25) is 5.02 Å². The summed E-state index contributed by atoms with van der Waals surface area (Å²) in [6.45, 7) is 1.14. The highest BCUT2D eigenvalue weighted by Gasteiger charge is 2.44. The molecule has 8 nitrogen and oxygen atoms in total.